The molecule has 1 aromatic rings. The Hall–Kier alpha value is -0.650. The molecule has 0 spiro atoms. The zero-order valence-corrected chi connectivity index (χ0v) is 13.0. The fourth-order valence-corrected chi connectivity index (χ4v) is 3.45. The van der Waals surface area contributed by atoms with Gasteiger partial charge in [0, 0.05) is 31.1 Å². The van der Waals surface area contributed by atoms with Crippen molar-refractivity contribution in [3.05, 3.63) is 11.1 Å². The smallest absolute Gasteiger partial charge is 0.185 e. The van der Waals surface area contributed by atoms with Crippen molar-refractivity contribution in [1.29, 1.82) is 0 Å². The van der Waals surface area contributed by atoms with Gasteiger partial charge in [0.05, 0.1) is 11.8 Å². The SMILES string of the molecule is CCNC(C)c1csc(N2CCC(OCC)CC2)n1. The fraction of sp³-hybridized carbons (Fsp3) is 0.786. The highest BCUT2D eigenvalue weighted by molar-refractivity contribution is 7.13. The maximum Gasteiger partial charge on any atom is 0.185 e. The van der Waals surface area contributed by atoms with E-state index in [4.69, 9.17) is 9.72 Å². The van der Waals surface area contributed by atoms with Crippen LogP contribution in [-0.2, 0) is 4.74 Å². The van der Waals surface area contributed by atoms with Crippen LogP contribution in [0.5, 0.6) is 0 Å². The molecule has 2 heterocycles. The molecule has 1 unspecified atom stereocenters. The fourth-order valence-electron chi connectivity index (χ4n) is 2.48. The van der Waals surface area contributed by atoms with E-state index in [1.807, 2.05) is 0 Å². The van der Waals surface area contributed by atoms with Crippen molar-refractivity contribution < 1.29 is 4.74 Å². The van der Waals surface area contributed by atoms with E-state index in [-0.39, 0.29) is 0 Å². The maximum absolute atomic E-state index is 5.69. The van der Waals surface area contributed by atoms with Crippen LogP contribution in [0.1, 0.15) is 45.3 Å². The zero-order valence-electron chi connectivity index (χ0n) is 12.2. The molecule has 0 radical (unpaired) electrons. The van der Waals surface area contributed by atoms with Crippen LogP contribution in [0.3, 0.4) is 0 Å². The molecule has 5 heteroatoms. The molecule has 0 aliphatic carbocycles. The number of nitrogens with zero attached hydrogens (tertiary/aromatic N) is 2. The van der Waals surface area contributed by atoms with Gasteiger partial charge in [0.15, 0.2) is 5.13 Å². The molecule has 1 N–H and O–H groups in total. The molecule has 2 rings (SSSR count). The zero-order chi connectivity index (χ0) is 13.7. The van der Waals surface area contributed by atoms with Gasteiger partial charge < -0.3 is 15.0 Å². The van der Waals surface area contributed by atoms with E-state index < -0.39 is 0 Å². The average molecular weight is 283 g/mol. The van der Waals surface area contributed by atoms with Crippen LogP contribution in [0.25, 0.3) is 0 Å². The highest BCUT2D eigenvalue weighted by Gasteiger charge is 2.21. The van der Waals surface area contributed by atoms with E-state index >= 15 is 0 Å². The van der Waals surface area contributed by atoms with Crippen molar-refractivity contribution in [2.24, 2.45) is 0 Å². The van der Waals surface area contributed by atoms with E-state index in [1.54, 1.807) is 11.3 Å². The Morgan fingerprint density at radius 1 is 1.47 bits per heavy atom. The third-order valence-corrected chi connectivity index (χ3v) is 4.50. The molecule has 0 amide bonds. The predicted molar refractivity (Wildman–Crippen MR) is 81.1 cm³/mol. The number of hydrogen-bond donors (Lipinski definition) is 1. The molecular weight excluding hydrogens is 258 g/mol. The summed E-state index contributed by atoms with van der Waals surface area (Å²) in [4.78, 5) is 7.16. The first-order valence-electron chi connectivity index (χ1n) is 7.30. The van der Waals surface area contributed by atoms with E-state index in [1.165, 1.54) is 0 Å². The summed E-state index contributed by atoms with van der Waals surface area (Å²) in [7, 11) is 0. The topological polar surface area (TPSA) is 37.4 Å². The summed E-state index contributed by atoms with van der Waals surface area (Å²) in [5.74, 6) is 0. The van der Waals surface area contributed by atoms with Gasteiger partial charge in [-0.25, -0.2) is 4.98 Å². The Morgan fingerprint density at radius 2 is 2.21 bits per heavy atom. The number of thiazole rings is 1. The largest absolute Gasteiger partial charge is 0.378 e. The summed E-state index contributed by atoms with van der Waals surface area (Å²) >= 11 is 1.76. The van der Waals surface area contributed by atoms with Crippen LogP contribution in [0.4, 0.5) is 5.13 Å². The van der Waals surface area contributed by atoms with Gasteiger partial charge >= 0.3 is 0 Å². The Balaban J connectivity index is 1.89. The maximum atomic E-state index is 5.69. The number of aromatic nitrogens is 1. The number of rotatable bonds is 6. The van der Waals surface area contributed by atoms with Gasteiger partial charge in [-0.05, 0) is 33.2 Å². The van der Waals surface area contributed by atoms with Gasteiger partial charge in [-0.15, -0.1) is 11.3 Å². The lowest BCUT2D eigenvalue weighted by molar-refractivity contribution is 0.0459. The highest BCUT2D eigenvalue weighted by Crippen LogP contribution is 2.27. The lowest BCUT2D eigenvalue weighted by atomic mass is 10.1. The Bertz CT molecular complexity index is 375. The molecule has 0 aromatic carbocycles. The molecule has 1 aromatic heterocycles. The number of nitrogens with one attached hydrogen (secondary N) is 1. The number of piperidine rings is 1. The second-order valence-electron chi connectivity index (χ2n) is 4.98. The first kappa shape index (κ1) is 14.8. The number of hydrogen-bond acceptors (Lipinski definition) is 5. The molecular formula is C14H25N3OS. The molecule has 1 atom stereocenters. The molecule has 1 aliphatic rings. The van der Waals surface area contributed by atoms with E-state index in [0.29, 0.717) is 12.1 Å². The van der Waals surface area contributed by atoms with Crippen molar-refractivity contribution in [2.45, 2.75) is 45.8 Å². The van der Waals surface area contributed by atoms with Gasteiger partial charge in [0.1, 0.15) is 0 Å². The normalized spacial score (nSPS) is 18.8. The Morgan fingerprint density at radius 3 is 2.84 bits per heavy atom. The first-order valence-corrected chi connectivity index (χ1v) is 8.17. The molecule has 0 saturated carbocycles. The minimum atomic E-state index is 0.343. The predicted octanol–water partition coefficient (Wildman–Crippen LogP) is 2.82. The molecule has 1 fully saturated rings. The first-order chi connectivity index (χ1) is 9.24. The molecule has 0 bridgehead atoms. The van der Waals surface area contributed by atoms with E-state index in [0.717, 1.165) is 49.9 Å². The van der Waals surface area contributed by atoms with Crippen molar-refractivity contribution in [2.75, 3.05) is 31.1 Å². The van der Waals surface area contributed by atoms with Crippen LogP contribution in [-0.4, -0.2) is 37.3 Å². The van der Waals surface area contributed by atoms with Gasteiger partial charge in [-0.1, -0.05) is 6.92 Å². The monoisotopic (exact) mass is 283 g/mol. The second kappa shape index (κ2) is 7.22. The Kier molecular flexibility index (Phi) is 5.60. The molecule has 1 aliphatic heterocycles. The summed E-state index contributed by atoms with van der Waals surface area (Å²) in [6, 6.07) is 0.343. The van der Waals surface area contributed by atoms with Crippen molar-refractivity contribution in [3.8, 4) is 0 Å². The van der Waals surface area contributed by atoms with Gasteiger partial charge in [0.25, 0.3) is 0 Å². The van der Waals surface area contributed by atoms with Crippen LogP contribution in [0.2, 0.25) is 0 Å². The summed E-state index contributed by atoms with van der Waals surface area (Å²) in [5.41, 5.74) is 1.16. The molecule has 19 heavy (non-hydrogen) atoms. The lowest BCUT2D eigenvalue weighted by Crippen LogP contribution is -2.37. The van der Waals surface area contributed by atoms with Crippen LogP contribution >= 0.6 is 11.3 Å². The van der Waals surface area contributed by atoms with Gasteiger partial charge in [-0.3, -0.25) is 0 Å². The summed E-state index contributed by atoms with van der Waals surface area (Å²) in [6.07, 6.45) is 2.68. The minimum Gasteiger partial charge on any atom is -0.378 e. The summed E-state index contributed by atoms with van der Waals surface area (Å²) in [6.45, 7) is 10.3. The second-order valence-corrected chi connectivity index (χ2v) is 5.81. The summed E-state index contributed by atoms with van der Waals surface area (Å²) < 4.78 is 5.69. The third kappa shape index (κ3) is 3.91. The molecule has 108 valence electrons. The van der Waals surface area contributed by atoms with Crippen LogP contribution in [0.15, 0.2) is 5.38 Å². The lowest BCUT2D eigenvalue weighted by Gasteiger charge is -2.31. The highest BCUT2D eigenvalue weighted by atomic mass is 32.1. The van der Waals surface area contributed by atoms with E-state index in [9.17, 15) is 0 Å². The van der Waals surface area contributed by atoms with Crippen LogP contribution in [0, 0.1) is 0 Å². The van der Waals surface area contributed by atoms with Gasteiger partial charge in [-0.2, -0.15) is 0 Å². The van der Waals surface area contributed by atoms with Gasteiger partial charge in [0.2, 0.25) is 0 Å². The van der Waals surface area contributed by atoms with Crippen molar-refractivity contribution >= 4 is 16.5 Å². The van der Waals surface area contributed by atoms with Crippen molar-refractivity contribution in [1.82, 2.24) is 10.3 Å². The van der Waals surface area contributed by atoms with Crippen LogP contribution < -0.4 is 10.2 Å². The van der Waals surface area contributed by atoms with Crippen molar-refractivity contribution in [3.63, 3.8) is 0 Å². The standard InChI is InChI=1S/C14H25N3OS/c1-4-15-11(3)13-10-19-14(16-13)17-8-6-12(7-9-17)18-5-2/h10-12,15H,4-9H2,1-3H3. The summed E-state index contributed by atoms with van der Waals surface area (Å²) in [5, 5.41) is 6.75. The number of ether oxygens (including phenoxy) is 1. The molecule has 1 saturated heterocycles. The minimum absolute atomic E-state index is 0.343. The third-order valence-electron chi connectivity index (χ3n) is 3.58. The molecule has 4 nitrogen and oxygen atoms in total. The average Bonchev–Trinajstić information content (AvgIpc) is 2.90. The quantitative estimate of drug-likeness (QED) is 0.871. The number of anilines is 1. The van der Waals surface area contributed by atoms with E-state index in [2.05, 4.69) is 36.4 Å². The Labute approximate surface area is 120 Å².